The van der Waals surface area contributed by atoms with Gasteiger partial charge < -0.3 is 10.1 Å². The van der Waals surface area contributed by atoms with E-state index in [2.05, 4.69) is 34.7 Å². The highest BCUT2D eigenvalue weighted by Gasteiger charge is 2.16. The van der Waals surface area contributed by atoms with Gasteiger partial charge in [0.1, 0.15) is 16.8 Å². The number of hydrogen-bond donors (Lipinski definition) is 2. The maximum atomic E-state index is 12.2. The highest BCUT2D eigenvalue weighted by molar-refractivity contribution is 7.15. The Morgan fingerprint density at radius 2 is 1.89 bits per heavy atom. The van der Waals surface area contributed by atoms with Crippen molar-refractivity contribution in [3.8, 4) is 5.75 Å². The van der Waals surface area contributed by atoms with Gasteiger partial charge in [-0.05, 0) is 36.6 Å². The fourth-order valence-electron chi connectivity index (χ4n) is 2.16. The van der Waals surface area contributed by atoms with E-state index >= 15 is 0 Å². The lowest BCUT2D eigenvalue weighted by Gasteiger charge is -2.11. The zero-order chi connectivity index (χ0) is 19.8. The molecule has 2 rings (SSSR count). The molecule has 8 heteroatoms. The number of nitrogens with zero attached hydrogens (tertiary/aromatic N) is 2. The summed E-state index contributed by atoms with van der Waals surface area (Å²) < 4.78 is 5.09. The molecule has 0 saturated heterocycles. The van der Waals surface area contributed by atoms with E-state index in [0.29, 0.717) is 11.0 Å². The lowest BCUT2D eigenvalue weighted by molar-refractivity contribution is -0.123. The van der Waals surface area contributed by atoms with E-state index in [1.54, 1.807) is 20.1 Å². The molecule has 0 bridgehead atoms. The lowest BCUT2D eigenvalue weighted by Crippen LogP contribution is -2.40. The number of ether oxygens (including phenoxy) is 1. The van der Waals surface area contributed by atoms with Crippen molar-refractivity contribution in [2.45, 2.75) is 33.2 Å². The maximum absolute atomic E-state index is 12.2. The minimum atomic E-state index is -0.699. The number of methoxy groups -OCH3 is 1. The van der Waals surface area contributed by atoms with E-state index in [-0.39, 0.29) is 11.8 Å². The van der Waals surface area contributed by atoms with E-state index in [4.69, 9.17) is 4.74 Å². The zero-order valence-electron chi connectivity index (χ0n) is 15.9. The molecule has 1 heterocycles. The summed E-state index contributed by atoms with van der Waals surface area (Å²) in [6.45, 7) is 5.80. The molecule has 1 atom stereocenters. The van der Waals surface area contributed by atoms with E-state index in [1.807, 2.05) is 24.3 Å². The molecule has 2 N–H and O–H groups in total. The Balaban J connectivity index is 1.84. The Morgan fingerprint density at radius 3 is 2.52 bits per heavy atom. The van der Waals surface area contributed by atoms with Gasteiger partial charge in [-0.25, -0.2) is 0 Å². The van der Waals surface area contributed by atoms with Crippen LogP contribution in [0.4, 0.5) is 5.13 Å². The van der Waals surface area contributed by atoms with Crippen molar-refractivity contribution >= 4 is 34.4 Å². The number of carbonyl (C=O) groups excluding carboxylic acids is 2. The molecule has 0 spiro atoms. The minimum absolute atomic E-state index is 0.339. The standard InChI is InChI=1S/C19H24N4O3S/c1-12(2)11-17-22-23-19(27-17)21-18(25)13(3)20-16(24)10-7-14-5-8-15(26-4)9-6-14/h5-10,12-13H,11H2,1-4H3,(H,20,24)(H,21,23,25)/b10-7+. The van der Waals surface area contributed by atoms with Gasteiger partial charge in [0.15, 0.2) is 0 Å². The summed E-state index contributed by atoms with van der Waals surface area (Å²) in [7, 11) is 1.59. The summed E-state index contributed by atoms with van der Waals surface area (Å²) in [6, 6.07) is 6.59. The molecular formula is C19H24N4O3S. The molecule has 0 fully saturated rings. The highest BCUT2D eigenvalue weighted by atomic mass is 32.1. The predicted octanol–water partition coefficient (Wildman–Crippen LogP) is 2.90. The van der Waals surface area contributed by atoms with Gasteiger partial charge in [-0.15, -0.1) is 10.2 Å². The Hall–Kier alpha value is -2.74. The van der Waals surface area contributed by atoms with Crippen LogP contribution >= 0.6 is 11.3 Å². The molecule has 1 unspecified atom stereocenters. The van der Waals surface area contributed by atoms with Crippen LogP contribution in [0.5, 0.6) is 5.75 Å². The quantitative estimate of drug-likeness (QED) is 0.678. The smallest absolute Gasteiger partial charge is 0.248 e. The largest absolute Gasteiger partial charge is 0.497 e. The molecule has 0 aliphatic heterocycles. The molecule has 144 valence electrons. The highest BCUT2D eigenvalue weighted by Crippen LogP contribution is 2.18. The summed E-state index contributed by atoms with van der Waals surface area (Å²) in [5.41, 5.74) is 0.856. The van der Waals surface area contributed by atoms with E-state index in [0.717, 1.165) is 22.7 Å². The van der Waals surface area contributed by atoms with Crippen molar-refractivity contribution in [2.24, 2.45) is 5.92 Å². The first-order valence-electron chi connectivity index (χ1n) is 8.63. The number of anilines is 1. The normalized spacial score (nSPS) is 12.2. The Kier molecular flexibility index (Phi) is 7.48. The Labute approximate surface area is 162 Å². The molecular weight excluding hydrogens is 364 g/mol. The van der Waals surface area contributed by atoms with Crippen LogP contribution in [0, 0.1) is 5.92 Å². The van der Waals surface area contributed by atoms with Crippen LogP contribution in [0.3, 0.4) is 0 Å². The molecule has 1 aromatic carbocycles. The number of rotatable bonds is 8. The predicted molar refractivity (Wildman–Crippen MR) is 107 cm³/mol. The van der Waals surface area contributed by atoms with E-state index in [9.17, 15) is 9.59 Å². The van der Waals surface area contributed by atoms with Crippen molar-refractivity contribution in [1.82, 2.24) is 15.5 Å². The van der Waals surface area contributed by atoms with E-state index in [1.165, 1.54) is 17.4 Å². The second-order valence-corrected chi connectivity index (χ2v) is 7.49. The number of nitrogens with one attached hydrogen (secondary N) is 2. The Bertz CT molecular complexity index is 800. The van der Waals surface area contributed by atoms with Gasteiger partial charge in [0.2, 0.25) is 16.9 Å². The molecule has 0 saturated carbocycles. The number of amides is 2. The van der Waals surface area contributed by atoms with Crippen LogP contribution in [0.1, 0.15) is 31.3 Å². The summed E-state index contributed by atoms with van der Waals surface area (Å²) in [6.07, 6.45) is 3.87. The first-order chi connectivity index (χ1) is 12.9. The van der Waals surface area contributed by atoms with Crippen LogP contribution in [0.15, 0.2) is 30.3 Å². The van der Waals surface area contributed by atoms with Gasteiger partial charge in [-0.1, -0.05) is 37.3 Å². The molecule has 1 aromatic heterocycles. The first-order valence-corrected chi connectivity index (χ1v) is 9.45. The third-order valence-corrected chi connectivity index (χ3v) is 4.44. The third kappa shape index (κ3) is 6.82. The van der Waals surface area contributed by atoms with Gasteiger partial charge in [-0.3, -0.25) is 14.9 Å². The number of carbonyl (C=O) groups is 2. The summed E-state index contributed by atoms with van der Waals surface area (Å²) in [4.78, 5) is 24.2. The summed E-state index contributed by atoms with van der Waals surface area (Å²) >= 11 is 1.35. The maximum Gasteiger partial charge on any atom is 0.248 e. The van der Waals surface area contributed by atoms with Crippen molar-refractivity contribution in [3.63, 3.8) is 0 Å². The summed E-state index contributed by atoms with van der Waals surface area (Å²) in [5, 5.41) is 14.6. The number of aromatic nitrogens is 2. The van der Waals surface area contributed by atoms with Gasteiger partial charge in [-0.2, -0.15) is 0 Å². The van der Waals surface area contributed by atoms with Crippen molar-refractivity contribution in [2.75, 3.05) is 12.4 Å². The molecule has 27 heavy (non-hydrogen) atoms. The van der Waals surface area contributed by atoms with Gasteiger partial charge in [0, 0.05) is 12.5 Å². The van der Waals surface area contributed by atoms with Gasteiger partial charge >= 0.3 is 0 Å². The van der Waals surface area contributed by atoms with Crippen LogP contribution in [-0.2, 0) is 16.0 Å². The minimum Gasteiger partial charge on any atom is -0.497 e. The Morgan fingerprint density at radius 1 is 1.19 bits per heavy atom. The molecule has 0 aliphatic rings. The average molecular weight is 388 g/mol. The van der Waals surface area contributed by atoms with E-state index < -0.39 is 6.04 Å². The SMILES string of the molecule is COc1ccc(/C=C/C(=O)NC(C)C(=O)Nc2nnc(CC(C)C)s2)cc1. The monoisotopic (exact) mass is 388 g/mol. The fourth-order valence-corrected chi connectivity index (χ4v) is 3.12. The molecule has 2 amide bonds. The van der Waals surface area contributed by atoms with Crippen molar-refractivity contribution in [3.05, 3.63) is 40.9 Å². The average Bonchev–Trinajstić information content (AvgIpc) is 3.06. The first kappa shape index (κ1) is 20.6. The lowest BCUT2D eigenvalue weighted by atomic mass is 10.1. The second-order valence-electron chi connectivity index (χ2n) is 6.42. The third-order valence-electron chi connectivity index (χ3n) is 3.57. The van der Waals surface area contributed by atoms with Crippen LogP contribution in [0.25, 0.3) is 6.08 Å². The fraction of sp³-hybridized carbons (Fsp3) is 0.368. The molecule has 7 nitrogen and oxygen atoms in total. The van der Waals surface area contributed by atoms with Crippen LogP contribution in [-0.4, -0.2) is 35.2 Å². The summed E-state index contributed by atoms with van der Waals surface area (Å²) in [5.74, 6) is 0.520. The van der Waals surface area contributed by atoms with Crippen molar-refractivity contribution in [1.29, 1.82) is 0 Å². The topological polar surface area (TPSA) is 93.2 Å². The zero-order valence-corrected chi connectivity index (χ0v) is 16.7. The number of hydrogen-bond acceptors (Lipinski definition) is 6. The second kappa shape index (κ2) is 9.82. The van der Waals surface area contributed by atoms with Gasteiger partial charge in [0.05, 0.1) is 7.11 Å². The van der Waals surface area contributed by atoms with Crippen molar-refractivity contribution < 1.29 is 14.3 Å². The molecule has 0 radical (unpaired) electrons. The van der Waals surface area contributed by atoms with Crippen LogP contribution in [0.2, 0.25) is 0 Å². The molecule has 0 aliphatic carbocycles. The van der Waals surface area contributed by atoms with Crippen LogP contribution < -0.4 is 15.4 Å². The number of benzene rings is 1. The molecule has 2 aromatic rings. The van der Waals surface area contributed by atoms with Gasteiger partial charge in [0.25, 0.3) is 0 Å².